The first-order chi connectivity index (χ1) is 9.95. The summed E-state index contributed by atoms with van der Waals surface area (Å²) in [6, 6.07) is 7.10. The molecule has 1 amide bonds. The van der Waals surface area contributed by atoms with Crippen LogP contribution >= 0.6 is 0 Å². The van der Waals surface area contributed by atoms with Crippen LogP contribution in [0.5, 0.6) is 0 Å². The SMILES string of the molecule is CC(C)C(CNC(=O)c1ccc(C#CCO)cc1)C(C)C. The molecule has 114 valence electrons. The average Bonchev–Trinajstić information content (AvgIpc) is 2.44. The summed E-state index contributed by atoms with van der Waals surface area (Å²) in [6.07, 6.45) is 0. The van der Waals surface area contributed by atoms with Crippen molar-refractivity contribution in [1.82, 2.24) is 5.32 Å². The van der Waals surface area contributed by atoms with E-state index in [0.717, 1.165) is 5.56 Å². The van der Waals surface area contributed by atoms with Crippen molar-refractivity contribution in [2.45, 2.75) is 27.7 Å². The molecule has 0 unspecified atom stereocenters. The van der Waals surface area contributed by atoms with Gasteiger partial charge in [-0.3, -0.25) is 4.79 Å². The summed E-state index contributed by atoms with van der Waals surface area (Å²) >= 11 is 0. The molecule has 21 heavy (non-hydrogen) atoms. The Balaban J connectivity index is 2.63. The van der Waals surface area contributed by atoms with Gasteiger partial charge in [0.2, 0.25) is 0 Å². The molecule has 0 aliphatic heterocycles. The van der Waals surface area contributed by atoms with E-state index in [4.69, 9.17) is 5.11 Å². The van der Waals surface area contributed by atoms with E-state index in [9.17, 15) is 4.79 Å². The second-order valence-corrected chi connectivity index (χ2v) is 5.90. The molecule has 1 aromatic carbocycles. The summed E-state index contributed by atoms with van der Waals surface area (Å²) in [4.78, 5) is 12.1. The molecule has 0 aliphatic rings. The van der Waals surface area contributed by atoms with Crippen LogP contribution in [0, 0.1) is 29.6 Å². The van der Waals surface area contributed by atoms with E-state index in [-0.39, 0.29) is 12.5 Å². The zero-order valence-corrected chi connectivity index (χ0v) is 13.3. The van der Waals surface area contributed by atoms with Crippen molar-refractivity contribution < 1.29 is 9.90 Å². The van der Waals surface area contributed by atoms with E-state index < -0.39 is 0 Å². The van der Waals surface area contributed by atoms with Gasteiger partial charge in [0.05, 0.1) is 0 Å². The van der Waals surface area contributed by atoms with Gasteiger partial charge in [-0.25, -0.2) is 0 Å². The van der Waals surface area contributed by atoms with Crippen molar-refractivity contribution in [3.05, 3.63) is 35.4 Å². The molecule has 1 rings (SSSR count). The Morgan fingerprint density at radius 1 is 1.14 bits per heavy atom. The van der Waals surface area contributed by atoms with Gasteiger partial charge in [-0.2, -0.15) is 0 Å². The molecule has 0 atom stereocenters. The summed E-state index contributed by atoms with van der Waals surface area (Å²) in [6.45, 7) is 9.28. The number of aliphatic hydroxyl groups excluding tert-OH is 1. The first-order valence-electron chi connectivity index (χ1n) is 7.43. The number of rotatable bonds is 5. The highest BCUT2D eigenvalue weighted by atomic mass is 16.2. The standard InChI is InChI=1S/C18H25NO2/c1-13(2)17(14(3)4)12-19-18(21)16-9-7-15(8-10-16)6-5-11-20/h7-10,13-14,17,20H,11-12H2,1-4H3,(H,19,21). The molecule has 0 radical (unpaired) electrons. The van der Waals surface area contributed by atoms with Crippen molar-refractivity contribution in [1.29, 1.82) is 0 Å². The van der Waals surface area contributed by atoms with Crippen molar-refractivity contribution in [2.75, 3.05) is 13.2 Å². The number of benzene rings is 1. The Hall–Kier alpha value is -1.79. The molecule has 1 aromatic rings. The summed E-state index contributed by atoms with van der Waals surface area (Å²) in [5, 5.41) is 11.7. The Bertz CT molecular complexity index is 498. The lowest BCUT2D eigenvalue weighted by Crippen LogP contribution is -2.33. The Labute approximate surface area is 127 Å². The second kappa shape index (κ2) is 8.49. The quantitative estimate of drug-likeness (QED) is 0.818. The number of hydrogen-bond donors (Lipinski definition) is 2. The number of nitrogens with one attached hydrogen (secondary N) is 1. The van der Waals surface area contributed by atoms with E-state index >= 15 is 0 Å². The predicted molar refractivity (Wildman–Crippen MR) is 85.9 cm³/mol. The lowest BCUT2D eigenvalue weighted by molar-refractivity contribution is 0.0937. The number of hydrogen-bond acceptors (Lipinski definition) is 2. The summed E-state index contributed by atoms with van der Waals surface area (Å²) in [5.74, 6) is 6.90. The molecule has 0 fully saturated rings. The van der Waals surface area contributed by atoms with E-state index in [1.165, 1.54) is 0 Å². The smallest absolute Gasteiger partial charge is 0.251 e. The minimum absolute atomic E-state index is 0.0528. The van der Waals surface area contributed by atoms with Crippen LogP contribution in [0.1, 0.15) is 43.6 Å². The van der Waals surface area contributed by atoms with Crippen molar-refractivity contribution in [3.8, 4) is 11.8 Å². The second-order valence-electron chi connectivity index (χ2n) is 5.90. The Kier molecular flexibility index (Phi) is 6.98. The van der Waals surface area contributed by atoms with Gasteiger partial charge < -0.3 is 10.4 Å². The molecular formula is C18H25NO2. The molecule has 3 heteroatoms. The van der Waals surface area contributed by atoms with Gasteiger partial charge in [-0.15, -0.1) is 0 Å². The van der Waals surface area contributed by atoms with Crippen LogP contribution in [-0.4, -0.2) is 24.2 Å². The van der Waals surface area contributed by atoms with Gasteiger partial charge in [-0.05, 0) is 42.0 Å². The topological polar surface area (TPSA) is 49.3 Å². The largest absolute Gasteiger partial charge is 0.384 e. The molecule has 3 nitrogen and oxygen atoms in total. The number of carbonyl (C=O) groups excluding carboxylic acids is 1. The molecule has 0 bridgehead atoms. The fourth-order valence-electron chi connectivity index (χ4n) is 2.40. The summed E-state index contributed by atoms with van der Waals surface area (Å²) in [7, 11) is 0. The van der Waals surface area contributed by atoms with Crippen LogP contribution in [0.15, 0.2) is 24.3 Å². The van der Waals surface area contributed by atoms with Gasteiger partial charge in [0, 0.05) is 17.7 Å². The summed E-state index contributed by atoms with van der Waals surface area (Å²) in [5.41, 5.74) is 1.43. The first kappa shape index (κ1) is 17.3. The third kappa shape index (κ3) is 5.61. The number of amides is 1. The zero-order chi connectivity index (χ0) is 15.8. The molecule has 2 N–H and O–H groups in total. The van der Waals surface area contributed by atoms with Crippen LogP contribution in [-0.2, 0) is 0 Å². The maximum Gasteiger partial charge on any atom is 0.251 e. The van der Waals surface area contributed by atoms with E-state index in [0.29, 0.717) is 29.9 Å². The van der Waals surface area contributed by atoms with Gasteiger partial charge in [0.25, 0.3) is 5.91 Å². The minimum atomic E-state index is -0.159. The summed E-state index contributed by atoms with van der Waals surface area (Å²) < 4.78 is 0. The number of aliphatic hydroxyl groups is 1. The maximum absolute atomic E-state index is 12.1. The highest BCUT2D eigenvalue weighted by Gasteiger charge is 2.18. The first-order valence-corrected chi connectivity index (χ1v) is 7.43. The fraction of sp³-hybridized carbons (Fsp3) is 0.500. The molecular weight excluding hydrogens is 262 g/mol. The molecule has 0 aliphatic carbocycles. The van der Waals surface area contributed by atoms with Crippen LogP contribution in [0.25, 0.3) is 0 Å². The van der Waals surface area contributed by atoms with Crippen molar-refractivity contribution in [2.24, 2.45) is 17.8 Å². The normalized spacial score (nSPS) is 10.7. The lowest BCUT2D eigenvalue weighted by atomic mass is 9.85. The lowest BCUT2D eigenvalue weighted by Gasteiger charge is -2.25. The van der Waals surface area contributed by atoms with E-state index in [1.54, 1.807) is 24.3 Å². The minimum Gasteiger partial charge on any atom is -0.384 e. The third-order valence-corrected chi connectivity index (χ3v) is 3.67. The van der Waals surface area contributed by atoms with Crippen LogP contribution in [0.4, 0.5) is 0 Å². The van der Waals surface area contributed by atoms with Gasteiger partial charge in [0.1, 0.15) is 6.61 Å². The molecule has 0 spiro atoms. The van der Waals surface area contributed by atoms with Gasteiger partial charge >= 0.3 is 0 Å². The van der Waals surface area contributed by atoms with Crippen LogP contribution in [0.2, 0.25) is 0 Å². The van der Waals surface area contributed by atoms with E-state index in [2.05, 4.69) is 44.9 Å². The van der Waals surface area contributed by atoms with Crippen LogP contribution < -0.4 is 5.32 Å². The Morgan fingerprint density at radius 3 is 2.19 bits per heavy atom. The van der Waals surface area contributed by atoms with E-state index in [1.807, 2.05) is 0 Å². The van der Waals surface area contributed by atoms with Gasteiger partial charge in [-0.1, -0.05) is 39.5 Å². The van der Waals surface area contributed by atoms with Gasteiger partial charge in [0.15, 0.2) is 0 Å². The fourth-order valence-corrected chi connectivity index (χ4v) is 2.40. The highest BCUT2D eigenvalue weighted by molar-refractivity contribution is 5.94. The molecule has 0 aromatic heterocycles. The monoisotopic (exact) mass is 287 g/mol. The zero-order valence-electron chi connectivity index (χ0n) is 13.3. The molecule has 0 saturated carbocycles. The average molecular weight is 287 g/mol. The Morgan fingerprint density at radius 2 is 1.71 bits per heavy atom. The maximum atomic E-state index is 12.1. The van der Waals surface area contributed by atoms with Crippen LogP contribution in [0.3, 0.4) is 0 Å². The van der Waals surface area contributed by atoms with Crippen molar-refractivity contribution >= 4 is 5.91 Å². The predicted octanol–water partition coefficient (Wildman–Crippen LogP) is 2.69. The molecule has 0 heterocycles. The highest BCUT2D eigenvalue weighted by Crippen LogP contribution is 2.19. The van der Waals surface area contributed by atoms with Crippen molar-refractivity contribution in [3.63, 3.8) is 0 Å². The molecule has 0 saturated heterocycles. The third-order valence-electron chi connectivity index (χ3n) is 3.67. The number of carbonyl (C=O) groups is 1.